The van der Waals surface area contributed by atoms with Gasteiger partial charge in [-0.2, -0.15) is 13.2 Å². The molecule has 0 aliphatic carbocycles. The Morgan fingerprint density at radius 1 is 1.18 bits per heavy atom. The summed E-state index contributed by atoms with van der Waals surface area (Å²) in [6.07, 6.45) is -4.31. The highest BCUT2D eigenvalue weighted by atomic mass is 19.4. The third-order valence-corrected chi connectivity index (χ3v) is 2.99. The highest BCUT2D eigenvalue weighted by Gasteiger charge is 2.34. The molecule has 1 saturated heterocycles. The minimum absolute atomic E-state index is 0.268. The number of alkyl halides is 3. The summed E-state index contributed by atoms with van der Waals surface area (Å²) in [5.74, 6) is 0. The van der Waals surface area contributed by atoms with Crippen LogP contribution < -0.4 is 4.90 Å². The number of likely N-dealkylation sites (N-methyl/N-ethyl adjacent to an activating group) is 1. The Morgan fingerprint density at radius 2 is 1.82 bits per heavy atom. The van der Waals surface area contributed by atoms with Crippen molar-refractivity contribution in [1.82, 2.24) is 4.90 Å². The Morgan fingerprint density at radius 3 is 2.41 bits per heavy atom. The summed E-state index contributed by atoms with van der Waals surface area (Å²) in [4.78, 5) is 3.90. The van der Waals surface area contributed by atoms with E-state index in [1.165, 1.54) is 12.1 Å². The maximum absolute atomic E-state index is 12.8. The predicted molar refractivity (Wildman–Crippen MR) is 60.0 cm³/mol. The fraction of sp³-hybridized carbons (Fsp3) is 0.500. The van der Waals surface area contributed by atoms with E-state index in [0.717, 1.165) is 19.2 Å². The zero-order valence-corrected chi connectivity index (χ0v) is 9.59. The van der Waals surface area contributed by atoms with Gasteiger partial charge in [0.05, 0.1) is 5.56 Å². The van der Waals surface area contributed by atoms with Crippen LogP contribution >= 0.6 is 0 Å². The summed E-state index contributed by atoms with van der Waals surface area (Å²) in [6.45, 7) is 2.83. The van der Waals surface area contributed by atoms with Crippen LogP contribution in [0.25, 0.3) is 0 Å². The lowest BCUT2D eigenvalue weighted by Crippen LogP contribution is -2.45. The average molecular weight is 243 g/mol. The van der Waals surface area contributed by atoms with Crippen molar-refractivity contribution >= 4 is 5.69 Å². The van der Waals surface area contributed by atoms with Gasteiger partial charge in [0.1, 0.15) is 0 Å². The highest BCUT2D eigenvalue weighted by molar-refractivity contribution is 5.55. The largest absolute Gasteiger partial charge is 0.418 e. The number of piperazine rings is 1. The van der Waals surface area contributed by atoms with E-state index in [0.29, 0.717) is 13.1 Å². The van der Waals surface area contributed by atoms with Crippen LogP contribution in [0.5, 0.6) is 0 Å². The second kappa shape index (κ2) is 4.56. The molecule has 1 aromatic rings. The van der Waals surface area contributed by atoms with Crippen molar-refractivity contribution in [3.8, 4) is 0 Å². The molecule has 1 fully saturated rings. The molecule has 0 amide bonds. The summed E-state index contributed by atoms with van der Waals surface area (Å²) in [5.41, 5.74) is -0.325. The Kier molecular flexibility index (Phi) is 3.28. The first kappa shape index (κ1) is 12.2. The Bertz CT molecular complexity index is 382. The highest BCUT2D eigenvalue weighted by Crippen LogP contribution is 2.36. The van der Waals surface area contributed by atoms with Crippen molar-refractivity contribution in [3.63, 3.8) is 0 Å². The van der Waals surface area contributed by atoms with Gasteiger partial charge < -0.3 is 9.80 Å². The molecule has 1 aliphatic heterocycles. The van der Waals surface area contributed by atoms with Crippen LogP contribution in [0.15, 0.2) is 18.2 Å². The van der Waals surface area contributed by atoms with Crippen LogP contribution in [-0.4, -0.2) is 38.1 Å². The summed E-state index contributed by atoms with van der Waals surface area (Å²) >= 11 is 0. The van der Waals surface area contributed by atoms with E-state index in [2.05, 4.69) is 11.0 Å². The lowest BCUT2D eigenvalue weighted by atomic mass is 10.1. The van der Waals surface area contributed by atoms with Crippen LogP contribution in [0, 0.1) is 6.07 Å². The summed E-state index contributed by atoms with van der Waals surface area (Å²) in [7, 11) is 1.97. The molecular formula is C12H14F3N2. The van der Waals surface area contributed by atoms with Crippen LogP contribution in [0.2, 0.25) is 0 Å². The van der Waals surface area contributed by atoms with Gasteiger partial charge in [-0.05, 0) is 25.2 Å². The molecule has 0 atom stereocenters. The van der Waals surface area contributed by atoms with Crippen LogP contribution in [-0.2, 0) is 6.18 Å². The number of halogens is 3. The number of anilines is 1. The van der Waals surface area contributed by atoms with E-state index >= 15 is 0 Å². The van der Waals surface area contributed by atoms with Gasteiger partial charge in [-0.25, -0.2) is 0 Å². The Hall–Kier alpha value is -1.23. The van der Waals surface area contributed by atoms with E-state index in [1.54, 1.807) is 4.90 Å². The number of benzene rings is 1. The second-order valence-electron chi connectivity index (χ2n) is 4.23. The first-order valence-electron chi connectivity index (χ1n) is 5.49. The summed E-state index contributed by atoms with van der Waals surface area (Å²) in [5, 5.41) is 0. The zero-order valence-electron chi connectivity index (χ0n) is 9.59. The molecule has 0 N–H and O–H groups in total. The standard InChI is InChI=1S/C12H14F3N2/c1-16-6-8-17(9-7-16)11-5-3-2-4-10(11)12(13,14)15/h3-5H,6-9H2,1H3. The Labute approximate surface area is 98.6 Å². The monoisotopic (exact) mass is 243 g/mol. The van der Waals surface area contributed by atoms with Gasteiger partial charge >= 0.3 is 6.18 Å². The minimum atomic E-state index is -4.31. The van der Waals surface area contributed by atoms with Crippen LogP contribution in [0.1, 0.15) is 5.56 Å². The lowest BCUT2D eigenvalue weighted by molar-refractivity contribution is -0.137. The maximum Gasteiger partial charge on any atom is 0.418 e. The van der Waals surface area contributed by atoms with Gasteiger partial charge in [0.25, 0.3) is 0 Å². The average Bonchev–Trinajstić information content (AvgIpc) is 2.29. The molecule has 93 valence electrons. The summed E-state index contributed by atoms with van der Waals surface area (Å²) < 4.78 is 38.5. The molecule has 1 heterocycles. The number of rotatable bonds is 1. The van der Waals surface area contributed by atoms with Crippen molar-refractivity contribution in [2.75, 3.05) is 38.1 Å². The normalized spacial score (nSPS) is 18.5. The van der Waals surface area contributed by atoms with E-state index in [-0.39, 0.29) is 5.69 Å². The van der Waals surface area contributed by atoms with Gasteiger partial charge in [-0.3, -0.25) is 0 Å². The molecular weight excluding hydrogens is 229 g/mol. The van der Waals surface area contributed by atoms with E-state index in [9.17, 15) is 13.2 Å². The molecule has 0 saturated carbocycles. The molecule has 2 rings (SSSR count). The van der Waals surface area contributed by atoms with Gasteiger partial charge in [0.2, 0.25) is 0 Å². The molecule has 2 nitrogen and oxygen atoms in total. The number of hydrogen-bond donors (Lipinski definition) is 0. The molecule has 0 aromatic heterocycles. The van der Waals surface area contributed by atoms with Gasteiger partial charge in [0.15, 0.2) is 0 Å². The van der Waals surface area contributed by atoms with E-state index in [1.807, 2.05) is 7.05 Å². The molecule has 0 spiro atoms. The van der Waals surface area contributed by atoms with Crippen molar-refractivity contribution < 1.29 is 13.2 Å². The third-order valence-electron chi connectivity index (χ3n) is 2.99. The smallest absolute Gasteiger partial charge is 0.368 e. The molecule has 0 bridgehead atoms. The van der Waals surface area contributed by atoms with E-state index in [4.69, 9.17) is 0 Å². The lowest BCUT2D eigenvalue weighted by Gasteiger charge is -2.35. The van der Waals surface area contributed by atoms with E-state index < -0.39 is 11.7 Å². The SMILES string of the molecule is CN1CCN(c2cc[c]cc2C(F)(F)F)CC1. The first-order valence-corrected chi connectivity index (χ1v) is 5.49. The van der Waals surface area contributed by atoms with Gasteiger partial charge in [0, 0.05) is 31.9 Å². The molecule has 17 heavy (non-hydrogen) atoms. The van der Waals surface area contributed by atoms with Gasteiger partial charge in [-0.1, -0.05) is 6.07 Å². The quantitative estimate of drug-likeness (QED) is 0.746. The molecule has 1 aromatic carbocycles. The number of nitrogens with zero attached hydrogens (tertiary/aromatic N) is 2. The first-order chi connectivity index (χ1) is 7.98. The third kappa shape index (κ3) is 2.72. The summed E-state index contributed by atoms with van der Waals surface area (Å²) in [6, 6.07) is 6.55. The fourth-order valence-electron chi connectivity index (χ4n) is 1.97. The van der Waals surface area contributed by atoms with Crippen molar-refractivity contribution in [1.29, 1.82) is 0 Å². The minimum Gasteiger partial charge on any atom is -0.368 e. The van der Waals surface area contributed by atoms with Crippen molar-refractivity contribution in [3.05, 3.63) is 29.8 Å². The van der Waals surface area contributed by atoms with Gasteiger partial charge in [-0.15, -0.1) is 0 Å². The second-order valence-corrected chi connectivity index (χ2v) is 4.23. The molecule has 0 unspecified atom stereocenters. The maximum atomic E-state index is 12.8. The molecule has 5 heteroatoms. The van der Waals surface area contributed by atoms with Crippen molar-refractivity contribution in [2.24, 2.45) is 0 Å². The van der Waals surface area contributed by atoms with Crippen LogP contribution in [0.4, 0.5) is 18.9 Å². The molecule has 1 aliphatic rings. The number of hydrogen-bond acceptors (Lipinski definition) is 2. The topological polar surface area (TPSA) is 6.48 Å². The fourth-order valence-corrected chi connectivity index (χ4v) is 1.97. The molecule has 1 radical (unpaired) electrons. The Balaban J connectivity index is 2.26. The van der Waals surface area contributed by atoms with Crippen molar-refractivity contribution in [2.45, 2.75) is 6.18 Å². The van der Waals surface area contributed by atoms with Crippen LogP contribution in [0.3, 0.4) is 0 Å². The predicted octanol–water partition coefficient (Wildman–Crippen LogP) is 2.26. The zero-order chi connectivity index (χ0) is 12.5.